The van der Waals surface area contributed by atoms with E-state index < -0.39 is 0 Å². The largest absolute Gasteiger partial charge is 0.324 e. The van der Waals surface area contributed by atoms with Crippen LogP contribution in [0.2, 0.25) is 0 Å². The molecule has 1 amide bonds. The number of aryl methyl sites for hydroxylation is 2. The zero-order valence-corrected chi connectivity index (χ0v) is 13.7. The van der Waals surface area contributed by atoms with Crippen molar-refractivity contribution in [3.05, 3.63) is 26.8 Å². The van der Waals surface area contributed by atoms with Gasteiger partial charge in [-0.1, -0.05) is 13.8 Å². The fraction of sp³-hybridized carbons (Fsp3) is 0.500. The Morgan fingerprint density at radius 1 is 1.22 bits per heavy atom. The Hall–Kier alpha value is -0.620. The maximum absolute atomic E-state index is 12.0. The number of amides is 1. The zero-order valence-electron chi connectivity index (χ0n) is 11.5. The number of carbonyl (C=O) groups excluding carboxylic acids is 1. The van der Waals surface area contributed by atoms with Crippen LogP contribution in [0.4, 0.5) is 5.69 Å². The fourth-order valence-electron chi connectivity index (χ4n) is 1.94. The molecule has 0 unspecified atom stereocenters. The van der Waals surface area contributed by atoms with Gasteiger partial charge in [-0.3, -0.25) is 9.69 Å². The van der Waals surface area contributed by atoms with Gasteiger partial charge in [-0.2, -0.15) is 0 Å². The van der Waals surface area contributed by atoms with Gasteiger partial charge in [0.1, 0.15) is 0 Å². The van der Waals surface area contributed by atoms with Gasteiger partial charge in [-0.25, -0.2) is 0 Å². The quantitative estimate of drug-likeness (QED) is 0.818. The van der Waals surface area contributed by atoms with Crippen LogP contribution in [0.15, 0.2) is 12.1 Å². The van der Waals surface area contributed by atoms with Crippen molar-refractivity contribution in [2.75, 3.05) is 25.0 Å². The van der Waals surface area contributed by atoms with Crippen molar-refractivity contribution >= 4 is 34.2 Å². The SMILES string of the molecule is CCN(CC)CC(=O)Nc1c(C)cc(I)cc1C. The van der Waals surface area contributed by atoms with Crippen LogP contribution in [0, 0.1) is 17.4 Å². The van der Waals surface area contributed by atoms with Gasteiger partial charge in [0.05, 0.1) is 6.54 Å². The smallest absolute Gasteiger partial charge is 0.238 e. The van der Waals surface area contributed by atoms with Gasteiger partial charge < -0.3 is 5.32 Å². The van der Waals surface area contributed by atoms with Gasteiger partial charge in [0, 0.05) is 9.26 Å². The van der Waals surface area contributed by atoms with Crippen LogP contribution in [-0.2, 0) is 4.79 Å². The lowest BCUT2D eigenvalue weighted by molar-refractivity contribution is -0.117. The number of benzene rings is 1. The molecular weight excluding hydrogens is 339 g/mol. The van der Waals surface area contributed by atoms with Crippen molar-refractivity contribution in [2.24, 2.45) is 0 Å². The Kier molecular flexibility index (Phi) is 6.08. The van der Waals surface area contributed by atoms with E-state index >= 15 is 0 Å². The van der Waals surface area contributed by atoms with Crippen molar-refractivity contribution in [2.45, 2.75) is 27.7 Å². The molecule has 0 spiro atoms. The fourth-order valence-corrected chi connectivity index (χ4v) is 2.87. The average Bonchev–Trinajstić information content (AvgIpc) is 2.30. The Morgan fingerprint density at radius 3 is 2.17 bits per heavy atom. The number of carbonyl (C=O) groups is 1. The van der Waals surface area contributed by atoms with Crippen molar-refractivity contribution in [1.82, 2.24) is 4.90 Å². The molecule has 0 aliphatic heterocycles. The summed E-state index contributed by atoms with van der Waals surface area (Å²) in [6, 6.07) is 4.17. The maximum Gasteiger partial charge on any atom is 0.238 e. The van der Waals surface area contributed by atoms with E-state index in [1.807, 2.05) is 13.8 Å². The number of rotatable bonds is 5. The van der Waals surface area contributed by atoms with E-state index in [9.17, 15) is 4.79 Å². The van der Waals surface area contributed by atoms with Crippen molar-refractivity contribution in [1.29, 1.82) is 0 Å². The summed E-state index contributed by atoms with van der Waals surface area (Å²) in [6.45, 7) is 10.4. The molecule has 0 atom stereocenters. The van der Waals surface area contributed by atoms with Crippen LogP contribution in [-0.4, -0.2) is 30.4 Å². The van der Waals surface area contributed by atoms with Crippen LogP contribution in [0.25, 0.3) is 0 Å². The van der Waals surface area contributed by atoms with Crippen molar-refractivity contribution in [3.63, 3.8) is 0 Å². The molecule has 1 aromatic carbocycles. The minimum Gasteiger partial charge on any atom is -0.324 e. The minimum absolute atomic E-state index is 0.0612. The van der Waals surface area contributed by atoms with E-state index in [1.165, 1.54) is 3.57 Å². The number of nitrogens with one attached hydrogen (secondary N) is 1. The Bertz CT molecular complexity index is 405. The summed E-state index contributed by atoms with van der Waals surface area (Å²) >= 11 is 2.29. The number of hydrogen-bond acceptors (Lipinski definition) is 2. The van der Waals surface area contributed by atoms with Crippen molar-refractivity contribution < 1.29 is 4.79 Å². The second kappa shape index (κ2) is 7.09. The molecule has 18 heavy (non-hydrogen) atoms. The molecule has 3 nitrogen and oxygen atoms in total. The molecule has 1 aromatic rings. The molecule has 4 heteroatoms. The van der Waals surface area contributed by atoms with Crippen LogP contribution in [0.5, 0.6) is 0 Å². The van der Waals surface area contributed by atoms with E-state index in [-0.39, 0.29) is 5.91 Å². The number of hydrogen-bond donors (Lipinski definition) is 1. The molecule has 0 saturated carbocycles. The van der Waals surface area contributed by atoms with E-state index in [0.717, 1.165) is 29.9 Å². The highest BCUT2D eigenvalue weighted by Gasteiger charge is 2.11. The highest BCUT2D eigenvalue weighted by Crippen LogP contribution is 2.23. The first-order valence-electron chi connectivity index (χ1n) is 6.26. The van der Waals surface area contributed by atoms with Crippen LogP contribution in [0.3, 0.4) is 0 Å². The van der Waals surface area contributed by atoms with Gasteiger partial charge in [0.2, 0.25) is 5.91 Å². The predicted octanol–water partition coefficient (Wildman–Crippen LogP) is 3.19. The summed E-state index contributed by atoms with van der Waals surface area (Å²) in [6.07, 6.45) is 0. The minimum atomic E-state index is 0.0612. The standard InChI is InChI=1S/C14H21IN2O/c1-5-17(6-2)9-13(18)16-14-10(3)7-12(15)8-11(14)4/h7-8H,5-6,9H2,1-4H3,(H,16,18). The molecule has 0 heterocycles. The van der Waals surface area contributed by atoms with Crippen molar-refractivity contribution in [3.8, 4) is 0 Å². The third-order valence-corrected chi connectivity index (χ3v) is 3.65. The summed E-state index contributed by atoms with van der Waals surface area (Å²) in [7, 11) is 0. The lowest BCUT2D eigenvalue weighted by Crippen LogP contribution is -2.33. The second-order valence-corrected chi connectivity index (χ2v) is 5.67. The number of anilines is 1. The van der Waals surface area contributed by atoms with Gasteiger partial charge in [0.15, 0.2) is 0 Å². The molecule has 1 N–H and O–H groups in total. The molecule has 0 radical (unpaired) electrons. The molecule has 0 aliphatic rings. The highest BCUT2D eigenvalue weighted by molar-refractivity contribution is 14.1. The normalized spacial score (nSPS) is 10.8. The summed E-state index contributed by atoms with van der Waals surface area (Å²) in [5, 5.41) is 3.02. The summed E-state index contributed by atoms with van der Waals surface area (Å²) in [4.78, 5) is 14.1. The van der Waals surface area contributed by atoms with Gasteiger partial charge in [0.25, 0.3) is 0 Å². The van der Waals surface area contributed by atoms with Crippen LogP contribution >= 0.6 is 22.6 Å². The third kappa shape index (κ3) is 4.24. The van der Waals surface area contributed by atoms with Gasteiger partial charge in [-0.05, 0) is 72.8 Å². The van der Waals surface area contributed by atoms with E-state index in [4.69, 9.17) is 0 Å². The van der Waals surface area contributed by atoms with E-state index in [1.54, 1.807) is 0 Å². The summed E-state index contributed by atoms with van der Waals surface area (Å²) in [5.74, 6) is 0.0612. The molecule has 0 aromatic heterocycles. The second-order valence-electron chi connectivity index (χ2n) is 4.42. The van der Waals surface area contributed by atoms with E-state index in [0.29, 0.717) is 6.54 Å². The molecule has 0 saturated heterocycles. The highest BCUT2D eigenvalue weighted by atomic mass is 127. The predicted molar refractivity (Wildman–Crippen MR) is 85.1 cm³/mol. The van der Waals surface area contributed by atoms with Gasteiger partial charge in [-0.15, -0.1) is 0 Å². The number of nitrogens with zero attached hydrogens (tertiary/aromatic N) is 1. The molecule has 100 valence electrons. The number of likely N-dealkylation sites (N-methyl/N-ethyl adjacent to an activating group) is 1. The molecule has 0 bridgehead atoms. The Labute approximate surface area is 123 Å². The molecule has 0 fully saturated rings. The summed E-state index contributed by atoms with van der Waals surface area (Å²) in [5.41, 5.74) is 3.19. The summed E-state index contributed by atoms with van der Waals surface area (Å²) < 4.78 is 1.20. The molecule has 1 rings (SSSR count). The zero-order chi connectivity index (χ0) is 13.7. The maximum atomic E-state index is 12.0. The monoisotopic (exact) mass is 360 g/mol. The van der Waals surface area contributed by atoms with Gasteiger partial charge >= 0.3 is 0 Å². The lowest BCUT2D eigenvalue weighted by Gasteiger charge is -2.18. The van der Waals surface area contributed by atoms with E-state index in [2.05, 4.69) is 58.8 Å². The number of halogens is 1. The third-order valence-electron chi connectivity index (χ3n) is 3.02. The van der Waals surface area contributed by atoms with Crippen LogP contribution in [0.1, 0.15) is 25.0 Å². The average molecular weight is 360 g/mol. The first-order valence-corrected chi connectivity index (χ1v) is 7.34. The Morgan fingerprint density at radius 2 is 1.72 bits per heavy atom. The Balaban J connectivity index is 2.76. The molecular formula is C14H21IN2O. The molecule has 0 aliphatic carbocycles. The topological polar surface area (TPSA) is 32.3 Å². The lowest BCUT2D eigenvalue weighted by atomic mass is 10.1. The first-order chi connectivity index (χ1) is 8.47. The van der Waals surface area contributed by atoms with Crippen LogP contribution < -0.4 is 5.32 Å². The first kappa shape index (κ1) is 15.4.